The Morgan fingerprint density at radius 3 is 2.71 bits per heavy atom. The molecule has 0 spiro atoms. The van der Waals surface area contributed by atoms with Crippen molar-refractivity contribution < 1.29 is 13.3 Å². The van der Waals surface area contributed by atoms with Gasteiger partial charge in [0.1, 0.15) is 0 Å². The summed E-state index contributed by atoms with van der Waals surface area (Å²) in [4.78, 5) is 9.60. The first-order valence-electron chi connectivity index (χ1n) is 3.86. The smallest absolute Gasteiger partial charge is 0.258 e. The third-order valence-electron chi connectivity index (χ3n) is 1.68. The minimum atomic E-state index is -3.41. The maximum Gasteiger partial charge on any atom is 0.270 e. The van der Waals surface area contributed by atoms with Crippen LogP contribution in [0.4, 0.5) is 5.69 Å². The average Bonchev–Trinajstić information content (AvgIpc) is 2.18. The van der Waals surface area contributed by atoms with Crippen LogP contribution in [-0.2, 0) is 9.84 Å². The largest absolute Gasteiger partial charge is 0.270 e. The lowest BCUT2D eigenvalue weighted by Gasteiger charge is -1.99. The summed E-state index contributed by atoms with van der Waals surface area (Å²) in [5.41, 5.74) is -0.240. The van der Waals surface area contributed by atoms with Crippen LogP contribution < -0.4 is 0 Å². The van der Waals surface area contributed by atoms with Gasteiger partial charge in [0.15, 0.2) is 9.84 Å². The minimum Gasteiger partial charge on any atom is -0.258 e. The summed E-state index contributed by atoms with van der Waals surface area (Å²) in [5, 5.41) is 10.4. The van der Waals surface area contributed by atoms with E-state index in [0.717, 1.165) is 6.07 Å². The number of rotatable bonds is 3. The number of hydrogen-bond donors (Lipinski definition) is 0. The second-order valence-corrected chi connectivity index (χ2v) is 4.82. The highest BCUT2D eigenvalue weighted by atomic mass is 32.2. The maximum absolute atomic E-state index is 11.3. The maximum atomic E-state index is 11.3. The predicted octanol–water partition coefficient (Wildman–Crippen LogP) is 1.19. The summed E-state index contributed by atoms with van der Waals surface area (Å²) in [6, 6.07) is 5.92. The molecule has 14 heavy (non-hydrogen) atoms. The Morgan fingerprint density at radius 1 is 1.57 bits per heavy atom. The van der Waals surface area contributed by atoms with Crippen LogP contribution in [0.5, 0.6) is 0 Å². The summed E-state index contributed by atoms with van der Waals surface area (Å²) in [7, 11) is -3.41. The van der Waals surface area contributed by atoms with Gasteiger partial charge >= 0.3 is 0 Å². The molecule has 0 atom stereocenters. The van der Waals surface area contributed by atoms with Crippen LogP contribution in [0.15, 0.2) is 23.1 Å². The van der Waals surface area contributed by atoms with E-state index in [2.05, 4.69) is 6.07 Å². The number of sulfone groups is 1. The molecule has 75 valence electrons. The second-order valence-electron chi connectivity index (χ2n) is 2.57. The summed E-state index contributed by atoms with van der Waals surface area (Å²) in [6.45, 7) is 1.47. The van der Waals surface area contributed by atoms with Gasteiger partial charge < -0.3 is 0 Å². The molecule has 0 bridgehead atoms. The highest BCUT2D eigenvalue weighted by Crippen LogP contribution is 2.17. The molecule has 0 heterocycles. The average molecular weight is 214 g/mol. The molecule has 6 heteroatoms. The molecule has 1 aromatic rings. The summed E-state index contributed by atoms with van der Waals surface area (Å²) in [6.07, 6.45) is 0. The number of nitro groups is 1. The van der Waals surface area contributed by atoms with Gasteiger partial charge in [-0.15, -0.1) is 0 Å². The van der Waals surface area contributed by atoms with Crippen molar-refractivity contribution in [3.05, 3.63) is 34.4 Å². The predicted molar refractivity (Wildman–Crippen MR) is 49.7 cm³/mol. The van der Waals surface area contributed by atoms with E-state index >= 15 is 0 Å². The van der Waals surface area contributed by atoms with E-state index < -0.39 is 14.8 Å². The van der Waals surface area contributed by atoms with Gasteiger partial charge in [-0.2, -0.15) is 0 Å². The second kappa shape index (κ2) is 3.75. The van der Waals surface area contributed by atoms with Crippen LogP contribution >= 0.6 is 0 Å². The van der Waals surface area contributed by atoms with Gasteiger partial charge in [-0.1, -0.05) is 6.92 Å². The summed E-state index contributed by atoms with van der Waals surface area (Å²) in [5.74, 6) is -0.0926. The third kappa shape index (κ3) is 2.08. The Bertz CT molecular complexity index is 452. The molecule has 5 nitrogen and oxygen atoms in total. The molecule has 0 amide bonds. The van der Waals surface area contributed by atoms with Crippen molar-refractivity contribution in [3.8, 4) is 0 Å². The highest BCUT2D eigenvalue weighted by molar-refractivity contribution is 7.91. The molecule has 0 unspecified atom stereocenters. The van der Waals surface area contributed by atoms with E-state index in [4.69, 9.17) is 0 Å². The fourth-order valence-corrected chi connectivity index (χ4v) is 1.74. The Balaban J connectivity index is 3.26. The first kappa shape index (κ1) is 10.6. The molecule has 1 rings (SSSR count). The van der Waals surface area contributed by atoms with E-state index in [9.17, 15) is 18.5 Å². The van der Waals surface area contributed by atoms with Gasteiger partial charge in [0.25, 0.3) is 5.69 Å². The number of nitrogens with zero attached hydrogens (tertiary/aromatic N) is 1. The van der Waals surface area contributed by atoms with E-state index in [1.807, 2.05) is 0 Å². The van der Waals surface area contributed by atoms with Gasteiger partial charge in [0.2, 0.25) is 0 Å². The van der Waals surface area contributed by atoms with Crippen LogP contribution in [-0.4, -0.2) is 19.1 Å². The zero-order chi connectivity index (χ0) is 10.8. The Labute approximate surface area is 81.4 Å². The van der Waals surface area contributed by atoms with Crippen LogP contribution in [0, 0.1) is 16.2 Å². The van der Waals surface area contributed by atoms with Gasteiger partial charge in [-0.05, 0) is 6.07 Å². The van der Waals surface area contributed by atoms with Crippen molar-refractivity contribution in [1.29, 1.82) is 0 Å². The lowest BCUT2D eigenvalue weighted by molar-refractivity contribution is -0.385. The molecule has 0 saturated carbocycles. The fraction of sp³-hybridized carbons (Fsp3) is 0.250. The summed E-state index contributed by atoms with van der Waals surface area (Å²) >= 11 is 0. The Morgan fingerprint density at radius 2 is 2.21 bits per heavy atom. The van der Waals surface area contributed by atoms with Crippen LogP contribution in [0.2, 0.25) is 0 Å². The van der Waals surface area contributed by atoms with Gasteiger partial charge in [0.05, 0.1) is 15.6 Å². The number of benzene rings is 1. The van der Waals surface area contributed by atoms with Crippen LogP contribution in [0.3, 0.4) is 0 Å². The lowest BCUT2D eigenvalue weighted by atomic mass is 10.3. The van der Waals surface area contributed by atoms with Gasteiger partial charge in [-0.3, -0.25) is 10.1 Å². The molecule has 0 aromatic heterocycles. The molecule has 0 N–H and O–H groups in total. The van der Waals surface area contributed by atoms with Gasteiger partial charge in [0, 0.05) is 18.2 Å². The normalized spacial score (nSPS) is 11.2. The SMILES string of the molecule is CCS(=O)(=O)c1[c]ccc([N+](=O)[O-])c1. The summed E-state index contributed by atoms with van der Waals surface area (Å²) < 4.78 is 22.6. The highest BCUT2D eigenvalue weighted by Gasteiger charge is 2.15. The first-order valence-corrected chi connectivity index (χ1v) is 5.51. The van der Waals surface area contributed by atoms with Crippen molar-refractivity contribution in [3.63, 3.8) is 0 Å². The van der Waals surface area contributed by atoms with E-state index in [1.165, 1.54) is 19.1 Å². The van der Waals surface area contributed by atoms with Crippen molar-refractivity contribution >= 4 is 15.5 Å². The standard InChI is InChI=1S/C8H8NO4S/c1-2-14(12,13)8-5-3-4-7(6-8)9(10)11/h3-4,6H,2H2,1H3. The topological polar surface area (TPSA) is 77.3 Å². The molecule has 0 aliphatic heterocycles. The van der Waals surface area contributed by atoms with Crippen LogP contribution in [0.25, 0.3) is 0 Å². The fourth-order valence-electron chi connectivity index (χ4n) is 0.882. The van der Waals surface area contributed by atoms with Crippen molar-refractivity contribution in [2.75, 3.05) is 5.75 Å². The van der Waals surface area contributed by atoms with Crippen LogP contribution in [0.1, 0.15) is 6.92 Å². The number of hydrogen-bond acceptors (Lipinski definition) is 4. The molecule has 0 aliphatic carbocycles. The molecule has 0 saturated heterocycles. The molecular formula is C8H8NO4S. The lowest BCUT2D eigenvalue weighted by Crippen LogP contribution is -2.04. The zero-order valence-corrected chi connectivity index (χ0v) is 8.24. The molecule has 1 radical (unpaired) electrons. The molecular weight excluding hydrogens is 206 g/mol. The number of non-ortho nitro benzene ring substituents is 1. The van der Waals surface area contributed by atoms with Crippen molar-refractivity contribution in [2.45, 2.75) is 11.8 Å². The van der Waals surface area contributed by atoms with Gasteiger partial charge in [-0.25, -0.2) is 8.42 Å². The first-order chi connectivity index (χ1) is 6.47. The van der Waals surface area contributed by atoms with Crippen molar-refractivity contribution in [2.24, 2.45) is 0 Å². The van der Waals surface area contributed by atoms with E-state index in [1.54, 1.807) is 0 Å². The molecule has 0 aliphatic rings. The minimum absolute atomic E-state index is 0.0926. The van der Waals surface area contributed by atoms with Crippen molar-refractivity contribution in [1.82, 2.24) is 0 Å². The van der Waals surface area contributed by atoms with E-state index in [-0.39, 0.29) is 16.3 Å². The van der Waals surface area contributed by atoms with E-state index in [0.29, 0.717) is 0 Å². The Kier molecular flexibility index (Phi) is 2.85. The number of nitro benzene ring substituents is 1. The molecule has 0 fully saturated rings. The molecule has 1 aromatic carbocycles. The quantitative estimate of drug-likeness (QED) is 0.559. The Hall–Kier alpha value is -1.43. The monoisotopic (exact) mass is 214 g/mol. The zero-order valence-electron chi connectivity index (χ0n) is 7.43. The third-order valence-corrected chi connectivity index (χ3v) is 3.35.